The maximum atomic E-state index is 6.05. The van der Waals surface area contributed by atoms with Gasteiger partial charge in [0.25, 0.3) is 0 Å². The zero-order chi connectivity index (χ0) is 14.5. The van der Waals surface area contributed by atoms with Crippen molar-refractivity contribution in [2.24, 2.45) is 0 Å². The van der Waals surface area contributed by atoms with Gasteiger partial charge in [-0.2, -0.15) is 0 Å². The quantitative estimate of drug-likeness (QED) is 0.835. The summed E-state index contributed by atoms with van der Waals surface area (Å²) in [7, 11) is 0. The van der Waals surface area contributed by atoms with E-state index in [2.05, 4.69) is 36.4 Å². The zero-order valence-electron chi connectivity index (χ0n) is 12.1. The highest BCUT2D eigenvalue weighted by atomic mass is 15.2. The van der Waals surface area contributed by atoms with Gasteiger partial charge < -0.3 is 10.6 Å². The van der Waals surface area contributed by atoms with Gasteiger partial charge in [0.15, 0.2) is 0 Å². The van der Waals surface area contributed by atoms with Crippen LogP contribution >= 0.6 is 0 Å². The minimum absolute atomic E-state index is 0.692. The Labute approximate surface area is 120 Å². The van der Waals surface area contributed by atoms with E-state index in [-0.39, 0.29) is 0 Å². The van der Waals surface area contributed by atoms with Crippen LogP contribution in [-0.4, -0.2) is 4.98 Å². The molecule has 1 heterocycles. The van der Waals surface area contributed by atoms with Crippen molar-refractivity contribution in [1.29, 1.82) is 0 Å². The van der Waals surface area contributed by atoms with Crippen LogP contribution in [0.2, 0.25) is 0 Å². The van der Waals surface area contributed by atoms with Gasteiger partial charge in [-0.3, -0.25) is 0 Å². The second kappa shape index (κ2) is 6.24. The standard InChI is InChI=1S/C17H21N3/c1-4-14(3)20(17-13(2)8-7-11-19-17)12-15-9-5-6-10-16(15)18/h5-11H,3-4,12,18H2,1-2H3. The summed E-state index contributed by atoms with van der Waals surface area (Å²) in [6.45, 7) is 9.01. The first-order valence-electron chi connectivity index (χ1n) is 6.83. The Morgan fingerprint density at radius 3 is 2.65 bits per heavy atom. The van der Waals surface area contributed by atoms with Crippen molar-refractivity contribution in [2.75, 3.05) is 10.6 Å². The minimum Gasteiger partial charge on any atom is -0.398 e. The average molecular weight is 267 g/mol. The fraction of sp³-hybridized carbons (Fsp3) is 0.235. The van der Waals surface area contributed by atoms with Crippen LogP contribution < -0.4 is 10.6 Å². The van der Waals surface area contributed by atoms with Gasteiger partial charge in [0.05, 0.1) is 6.54 Å². The van der Waals surface area contributed by atoms with Crippen LogP contribution in [-0.2, 0) is 6.54 Å². The van der Waals surface area contributed by atoms with E-state index in [1.54, 1.807) is 0 Å². The Bertz CT molecular complexity index is 605. The molecule has 1 aromatic heterocycles. The predicted molar refractivity (Wildman–Crippen MR) is 85.4 cm³/mol. The number of benzene rings is 1. The van der Waals surface area contributed by atoms with Crippen LogP contribution in [0, 0.1) is 6.92 Å². The molecule has 0 fully saturated rings. The summed E-state index contributed by atoms with van der Waals surface area (Å²) in [4.78, 5) is 6.64. The molecular weight excluding hydrogens is 246 g/mol. The maximum Gasteiger partial charge on any atom is 0.135 e. The molecule has 0 aliphatic rings. The van der Waals surface area contributed by atoms with Gasteiger partial charge in [0.2, 0.25) is 0 Å². The summed E-state index contributed by atoms with van der Waals surface area (Å²) in [6.07, 6.45) is 2.69. The van der Waals surface area contributed by atoms with Crippen molar-refractivity contribution in [1.82, 2.24) is 4.98 Å². The van der Waals surface area contributed by atoms with Crippen molar-refractivity contribution >= 4 is 11.5 Å². The number of allylic oxidation sites excluding steroid dienone is 1. The molecule has 0 bridgehead atoms. The van der Waals surface area contributed by atoms with Crippen molar-refractivity contribution in [3.63, 3.8) is 0 Å². The van der Waals surface area contributed by atoms with Gasteiger partial charge in [0.1, 0.15) is 5.82 Å². The molecule has 0 aliphatic carbocycles. The molecule has 2 rings (SSSR count). The monoisotopic (exact) mass is 267 g/mol. The van der Waals surface area contributed by atoms with Gasteiger partial charge in [-0.05, 0) is 36.6 Å². The lowest BCUT2D eigenvalue weighted by Crippen LogP contribution is -2.23. The van der Waals surface area contributed by atoms with E-state index in [9.17, 15) is 0 Å². The number of pyridine rings is 1. The highest BCUT2D eigenvalue weighted by molar-refractivity contribution is 5.55. The van der Waals surface area contributed by atoms with Crippen LogP contribution in [0.1, 0.15) is 24.5 Å². The second-order valence-electron chi connectivity index (χ2n) is 4.85. The highest BCUT2D eigenvalue weighted by Crippen LogP contribution is 2.25. The largest absolute Gasteiger partial charge is 0.398 e. The lowest BCUT2D eigenvalue weighted by Gasteiger charge is -2.27. The molecule has 0 saturated heterocycles. The van der Waals surface area contributed by atoms with Crippen LogP contribution in [0.25, 0.3) is 0 Å². The van der Waals surface area contributed by atoms with Crippen molar-refractivity contribution < 1.29 is 0 Å². The molecule has 0 radical (unpaired) electrons. The van der Waals surface area contributed by atoms with Crippen molar-refractivity contribution in [3.8, 4) is 0 Å². The van der Waals surface area contributed by atoms with E-state index in [0.717, 1.165) is 34.8 Å². The zero-order valence-corrected chi connectivity index (χ0v) is 12.1. The first kappa shape index (κ1) is 14.1. The molecule has 3 heteroatoms. The Morgan fingerprint density at radius 1 is 1.25 bits per heavy atom. The third-order valence-corrected chi connectivity index (χ3v) is 3.41. The van der Waals surface area contributed by atoms with Gasteiger partial charge in [-0.15, -0.1) is 0 Å². The van der Waals surface area contributed by atoms with E-state index >= 15 is 0 Å². The summed E-state index contributed by atoms with van der Waals surface area (Å²) in [5, 5.41) is 0. The van der Waals surface area contributed by atoms with Crippen LogP contribution in [0.15, 0.2) is 54.9 Å². The number of anilines is 2. The summed E-state index contributed by atoms with van der Waals surface area (Å²) in [6, 6.07) is 11.9. The Balaban J connectivity index is 2.37. The van der Waals surface area contributed by atoms with Crippen LogP contribution in [0.3, 0.4) is 0 Å². The van der Waals surface area contributed by atoms with Gasteiger partial charge in [-0.25, -0.2) is 4.98 Å². The van der Waals surface area contributed by atoms with Crippen molar-refractivity contribution in [2.45, 2.75) is 26.8 Å². The van der Waals surface area contributed by atoms with Crippen LogP contribution in [0.4, 0.5) is 11.5 Å². The first-order valence-corrected chi connectivity index (χ1v) is 6.83. The maximum absolute atomic E-state index is 6.05. The lowest BCUT2D eigenvalue weighted by molar-refractivity contribution is 0.847. The predicted octanol–water partition coefficient (Wildman–Crippen LogP) is 3.90. The van der Waals surface area contributed by atoms with Crippen LogP contribution in [0.5, 0.6) is 0 Å². The Morgan fingerprint density at radius 2 is 2.00 bits per heavy atom. The number of aromatic nitrogens is 1. The molecule has 2 N–H and O–H groups in total. The topological polar surface area (TPSA) is 42.1 Å². The fourth-order valence-electron chi connectivity index (χ4n) is 2.14. The molecule has 0 saturated carbocycles. The van der Waals surface area contributed by atoms with E-state index in [4.69, 9.17) is 5.73 Å². The van der Waals surface area contributed by atoms with Gasteiger partial charge >= 0.3 is 0 Å². The SMILES string of the molecule is C=C(CC)N(Cc1ccccc1N)c1ncccc1C. The Hall–Kier alpha value is -2.29. The third kappa shape index (κ3) is 2.99. The minimum atomic E-state index is 0.692. The molecule has 104 valence electrons. The number of hydrogen-bond donors (Lipinski definition) is 1. The number of nitrogens with zero attached hydrogens (tertiary/aromatic N) is 2. The number of hydrogen-bond acceptors (Lipinski definition) is 3. The van der Waals surface area contributed by atoms with E-state index in [1.165, 1.54) is 0 Å². The number of nitrogens with two attached hydrogens (primary N) is 1. The lowest BCUT2D eigenvalue weighted by atomic mass is 10.1. The summed E-state index contributed by atoms with van der Waals surface area (Å²) < 4.78 is 0. The molecular formula is C17H21N3. The number of para-hydroxylation sites is 1. The number of aryl methyl sites for hydroxylation is 1. The van der Waals surface area contributed by atoms with Crippen molar-refractivity contribution in [3.05, 3.63) is 66.0 Å². The van der Waals surface area contributed by atoms with E-state index in [0.29, 0.717) is 6.54 Å². The van der Waals surface area contributed by atoms with Gasteiger partial charge in [0, 0.05) is 17.6 Å². The van der Waals surface area contributed by atoms with Gasteiger partial charge in [-0.1, -0.05) is 37.8 Å². The normalized spacial score (nSPS) is 10.3. The molecule has 0 amide bonds. The Kier molecular flexibility index (Phi) is 4.41. The number of nitrogen functional groups attached to an aromatic ring is 1. The molecule has 2 aromatic rings. The second-order valence-corrected chi connectivity index (χ2v) is 4.85. The first-order chi connectivity index (χ1) is 9.63. The third-order valence-electron chi connectivity index (χ3n) is 3.41. The van der Waals surface area contributed by atoms with E-state index in [1.807, 2.05) is 36.5 Å². The molecule has 0 aliphatic heterocycles. The molecule has 0 atom stereocenters. The summed E-state index contributed by atoms with van der Waals surface area (Å²) in [5.74, 6) is 0.947. The highest BCUT2D eigenvalue weighted by Gasteiger charge is 2.14. The summed E-state index contributed by atoms with van der Waals surface area (Å²) in [5.41, 5.74) is 10.1. The average Bonchev–Trinajstić information content (AvgIpc) is 2.47. The molecule has 0 spiro atoms. The fourth-order valence-corrected chi connectivity index (χ4v) is 2.14. The molecule has 0 unspecified atom stereocenters. The number of rotatable bonds is 5. The molecule has 20 heavy (non-hydrogen) atoms. The smallest absolute Gasteiger partial charge is 0.135 e. The van der Waals surface area contributed by atoms with E-state index < -0.39 is 0 Å². The molecule has 3 nitrogen and oxygen atoms in total. The summed E-state index contributed by atoms with van der Waals surface area (Å²) >= 11 is 0. The molecule has 1 aromatic carbocycles.